The number of rotatable bonds is 4. The minimum atomic E-state index is -0.814. The Bertz CT molecular complexity index is 908. The zero-order valence-corrected chi connectivity index (χ0v) is 16.7. The molecule has 0 aliphatic heterocycles. The van der Waals surface area contributed by atoms with Crippen molar-refractivity contribution >= 4 is 22.8 Å². The Balaban J connectivity index is 1.53. The van der Waals surface area contributed by atoms with E-state index in [1.165, 1.54) is 6.42 Å². The summed E-state index contributed by atoms with van der Waals surface area (Å²) in [5.41, 5.74) is 3.36. The Hall–Kier alpha value is -2.43. The van der Waals surface area contributed by atoms with Gasteiger partial charge in [-0.15, -0.1) is 0 Å². The molecule has 0 bridgehead atoms. The van der Waals surface area contributed by atoms with Gasteiger partial charge in [-0.2, -0.15) is 0 Å². The highest BCUT2D eigenvalue weighted by molar-refractivity contribution is 6.06. The number of aromatic nitrogens is 1. The number of para-hydroxylation sites is 1. The molecule has 3 atom stereocenters. The minimum Gasteiger partial charge on any atom is -0.449 e. The van der Waals surface area contributed by atoms with E-state index in [-0.39, 0.29) is 11.9 Å². The molecule has 1 heterocycles. The third kappa shape index (κ3) is 3.62. The van der Waals surface area contributed by atoms with Gasteiger partial charge in [-0.3, -0.25) is 9.78 Å². The van der Waals surface area contributed by atoms with Gasteiger partial charge in [0.2, 0.25) is 0 Å². The smallest absolute Gasteiger partial charge is 0.339 e. The van der Waals surface area contributed by atoms with Crippen LogP contribution in [0.5, 0.6) is 0 Å². The van der Waals surface area contributed by atoms with Gasteiger partial charge >= 0.3 is 5.97 Å². The van der Waals surface area contributed by atoms with Gasteiger partial charge in [-0.05, 0) is 56.6 Å². The molecule has 0 radical (unpaired) electrons. The zero-order valence-electron chi connectivity index (χ0n) is 16.7. The first kappa shape index (κ1) is 18.9. The third-order valence-electron chi connectivity index (χ3n) is 6.22. The summed E-state index contributed by atoms with van der Waals surface area (Å²) in [7, 11) is 0. The molecule has 1 N–H and O–H groups in total. The third-order valence-corrected chi connectivity index (χ3v) is 6.22. The van der Waals surface area contributed by atoms with Crippen LogP contribution < -0.4 is 5.32 Å². The zero-order chi connectivity index (χ0) is 19.7. The van der Waals surface area contributed by atoms with E-state index in [2.05, 4.69) is 12.2 Å². The highest BCUT2D eigenvalue weighted by atomic mass is 16.5. The molecule has 1 amide bonds. The first-order valence-corrected chi connectivity index (χ1v) is 10.5. The molecule has 1 saturated carbocycles. The molecule has 148 valence electrons. The van der Waals surface area contributed by atoms with Crippen molar-refractivity contribution < 1.29 is 14.3 Å². The molecule has 2 aromatic rings. The molecule has 3 unspecified atom stereocenters. The van der Waals surface area contributed by atoms with Crippen LogP contribution in [0.1, 0.15) is 67.6 Å². The average molecular weight is 380 g/mol. The summed E-state index contributed by atoms with van der Waals surface area (Å²) in [6.07, 6.45) is 6.38. The topological polar surface area (TPSA) is 68.3 Å². The number of carbonyl (C=O) groups is 2. The van der Waals surface area contributed by atoms with Gasteiger partial charge in [0.05, 0.1) is 11.1 Å². The SMILES string of the molecule is CC(OC(=O)c1c2c(nc3ccccc13)CCC2)C(=O)NC1CCCCC1C. The second kappa shape index (κ2) is 7.90. The number of carbonyl (C=O) groups excluding carboxylic acids is 2. The number of esters is 1. The van der Waals surface area contributed by atoms with E-state index in [0.717, 1.165) is 60.7 Å². The van der Waals surface area contributed by atoms with E-state index < -0.39 is 12.1 Å². The van der Waals surface area contributed by atoms with Crippen molar-refractivity contribution in [2.45, 2.75) is 70.9 Å². The van der Waals surface area contributed by atoms with Crippen molar-refractivity contribution in [3.05, 3.63) is 41.1 Å². The fraction of sp³-hybridized carbons (Fsp3) is 0.522. The van der Waals surface area contributed by atoms with Crippen molar-refractivity contribution in [2.75, 3.05) is 0 Å². The number of pyridine rings is 1. The van der Waals surface area contributed by atoms with Crippen LogP contribution in [-0.2, 0) is 22.4 Å². The summed E-state index contributed by atoms with van der Waals surface area (Å²) in [5.74, 6) is -0.161. The Morgan fingerprint density at radius 1 is 1.14 bits per heavy atom. The molecule has 4 rings (SSSR count). The van der Waals surface area contributed by atoms with Crippen molar-refractivity contribution in [1.29, 1.82) is 0 Å². The number of hydrogen-bond donors (Lipinski definition) is 1. The van der Waals surface area contributed by atoms with Gasteiger partial charge in [-0.25, -0.2) is 4.79 Å². The summed E-state index contributed by atoms with van der Waals surface area (Å²) < 4.78 is 5.63. The molecular formula is C23H28N2O3. The van der Waals surface area contributed by atoms with Gasteiger partial charge < -0.3 is 10.1 Å². The van der Waals surface area contributed by atoms with Crippen LogP contribution in [0.4, 0.5) is 0 Å². The van der Waals surface area contributed by atoms with Crippen molar-refractivity contribution in [2.24, 2.45) is 5.92 Å². The lowest BCUT2D eigenvalue weighted by Crippen LogP contribution is -2.46. The molecule has 0 spiro atoms. The molecule has 5 nitrogen and oxygen atoms in total. The van der Waals surface area contributed by atoms with Crippen LogP contribution in [0.15, 0.2) is 24.3 Å². The summed E-state index contributed by atoms with van der Waals surface area (Å²) >= 11 is 0. The van der Waals surface area contributed by atoms with Crippen LogP contribution in [0.25, 0.3) is 10.9 Å². The lowest BCUT2D eigenvalue weighted by molar-refractivity contribution is -0.130. The number of aryl methyl sites for hydroxylation is 1. The van der Waals surface area contributed by atoms with Crippen LogP contribution in [0.3, 0.4) is 0 Å². The molecule has 5 heteroatoms. The fourth-order valence-corrected chi connectivity index (χ4v) is 4.55. The van der Waals surface area contributed by atoms with Gasteiger partial charge in [0, 0.05) is 17.1 Å². The van der Waals surface area contributed by atoms with E-state index in [0.29, 0.717) is 11.5 Å². The number of amides is 1. The maximum absolute atomic E-state index is 13.1. The number of nitrogens with one attached hydrogen (secondary N) is 1. The molecule has 28 heavy (non-hydrogen) atoms. The van der Waals surface area contributed by atoms with Gasteiger partial charge in [-0.1, -0.05) is 38.0 Å². The highest BCUT2D eigenvalue weighted by Crippen LogP contribution is 2.31. The van der Waals surface area contributed by atoms with Gasteiger partial charge in [0.25, 0.3) is 5.91 Å². The van der Waals surface area contributed by atoms with Crippen LogP contribution in [0, 0.1) is 5.92 Å². The first-order valence-electron chi connectivity index (χ1n) is 10.5. The van der Waals surface area contributed by atoms with Gasteiger partial charge in [0.15, 0.2) is 6.10 Å². The van der Waals surface area contributed by atoms with E-state index in [1.807, 2.05) is 24.3 Å². The molecule has 2 aliphatic carbocycles. The number of nitrogens with zero attached hydrogens (tertiary/aromatic N) is 1. The second-order valence-electron chi connectivity index (χ2n) is 8.21. The van der Waals surface area contributed by atoms with Crippen molar-refractivity contribution in [1.82, 2.24) is 10.3 Å². The predicted octanol–water partition coefficient (Wildman–Crippen LogP) is 3.96. The van der Waals surface area contributed by atoms with Crippen molar-refractivity contribution in [3.8, 4) is 0 Å². The molecule has 1 fully saturated rings. The number of ether oxygens (including phenoxy) is 1. The molecule has 2 aliphatic rings. The summed E-state index contributed by atoms with van der Waals surface area (Å²) in [6, 6.07) is 7.83. The summed E-state index contributed by atoms with van der Waals surface area (Å²) in [4.78, 5) is 30.4. The van der Waals surface area contributed by atoms with Crippen molar-refractivity contribution in [3.63, 3.8) is 0 Å². The quantitative estimate of drug-likeness (QED) is 0.815. The number of hydrogen-bond acceptors (Lipinski definition) is 4. The largest absolute Gasteiger partial charge is 0.449 e. The maximum Gasteiger partial charge on any atom is 0.339 e. The summed E-state index contributed by atoms with van der Waals surface area (Å²) in [6.45, 7) is 3.83. The standard InChI is InChI=1S/C23H28N2O3/c1-14-8-3-5-11-18(14)25-22(26)15(2)28-23(27)21-16-9-4-6-12-19(16)24-20-13-7-10-17(20)21/h4,6,9,12,14-15,18H,3,5,7-8,10-11,13H2,1-2H3,(H,25,26). The Kier molecular flexibility index (Phi) is 5.33. The predicted molar refractivity (Wildman–Crippen MR) is 108 cm³/mol. The molecule has 0 saturated heterocycles. The maximum atomic E-state index is 13.1. The van der Waals surface area contributed by atoms with E-state index in [1.54, 1.807) is 6.92 Å². The number of benzene rings is 1. The monoisotopic (exact) mass is 380 g/mol. The minimum absolute atomic E-state index is 0.174. The summed E-state index contributed by atoms with van der Waals surface area (Å²) in [5, 5.41) is 3.89. The second-order valence-corrected chi connectivity index (χ2v) is 8.21. The normalized spacial score (nSPS) is 22.5. The Labute approximate surface area is 165 Å². The Morgan fingerprint density at radius 3 is 2.75 bits per heavy atom. The van der Waals surface area contributed by atoms with E-state index >= 15 is 0 Å². The lowest BCUT2D eigenvalue weighted by Gasteiger charge is -2.30. The van der Waals surface area contributed by atoms with E-state index in [9.17, 15) is 9.59 Å². The van der Waals surface area contributed by atoms with Gasteiger partial charge in [0.1, 0.15) is 0 Å². The highest BCUT2D eigenvalue weighted by Gasteiger charge is 2.29. The fourth-order valence-electron chi connectivity index (χ4n) is 4.55. The molecule has 1 aromatic carbocycles. The lowest BCUT2D eigenvalue weighted by atomic mass is 9.86. The molecule has 1 aromatic heterocycles. The first-order chi connectivity index (χ1) is 13.5. The van der Waals surface area contributed by atoms with Crippen LogP contribution in [0.2, 0.25) is 0 Å². The molecular weight excluding hydrogens is 352 g/mol. The van der Waals surface area contributed by atoms with Crippen LogP contribution in [-0.4, -0.2) is 29.0 Å². The van der Waals surface area contributed by atoms with E-state index in [4.69, 9.17) is 9.72 Å². The Morgan fingerprint density at radius 2 is 1.93 bits per heavy atom. The number of fused-ring (bicyclic) bond motifs is 2. The average Bonchev–Trinajstić information content (AvgIpc) is 3.15. The van der Waals surface area contributed by atoms with Crippen LogP contribution >= 0.6 is 0 Å².